The van der Waals surface area contributed by atoms with Crippen LogP contribution in [0, 0.1) is 0 Å². The summed E-state index contributed by atoms with van der Waals surface area (Å²) < 4.78 is 7.15. The molecule has 1 atom stereocenters. The molecule has 0 aliphatic carbocycles. The van der Waals surface area contributed by atoms with Crippen LogP contribution >= 0.6 is 0 Å². The van der Waals surface area contributed by atoms with Gasteiger partial charge in [-0.15, -0.1) is 0 Å². The SMILES string of the molecule is COc1ccc(C(N)c2cccn2C)cc1. The van der Waals surface area contributed by atoms with Crippen molar-refractivity contribution in [1.82, 2.24) is 4.57 Å². The van der Waals surface area contributed by atoms with Crippen LogP contribution in [-0.2, 0) is 7.05 Å². The van der Waals surface area contributed by atoms with E-state index in [1.54, 1.807) is 7.11 Å². The lowest BCUT2D eigenvalue weighted by molar-refractivity contribution is 0.414. The zero-order chi connectivity index (χ0) is 11.5. The topological polar surface area (TPSA) is 40.2 Å². The van der Waals surface area contributed by atoms with Gasteiger partial charge in [-0.1, -0.05) is 12.1 Å². The number of aryl methyl sites for hydroxylation is 1. The third-order valence-electron chi connectivity index (χ3n) is 2.78. The van der Waals surface area contributed by atoms with Gasteiger partial charge in [0, 0.05) is 18.9 Å². The third kappa shape index (κ3) is 1.95. The zero-order valence-corrected chi connectivity index (χ0v) is 9.55. The molecule has 1 aromatic carbocycles. The van der Waals surface area contributed by atoms with E-state index in [0.29, 0.717) is 0 Å². The van der Waals surface area contributed by atoms with Crippen molar-refractivity contribution in [2.45, 2.75) is 6.04 Å². The summed E-state index contributed by atoms with van der Waals surface area (Å²) in [5.74, 6) is 0.850. The highest BCUT2D eigenvalue weighted by Crippen LogP contribution is 2.21. The molecule has 0 amide bonds. The van der Waals surface area contributed by atoms with Crippen molar-refractivity contribution in [3.8, 4) is 5.75 Å². The number of nitrogens with two attached hydrogens (primary N) is 1. The van der Waals surface area contributed by atoms with E-state index in [4.69, 9.17) is 10.5 Å². The van der Waals surface area contributed by atoms with Crippen LogP contribution in [0.1, 0.15) is 17.3 Å². The fraction of sp³-hybridized carbons (Fsp3) is 0.231. The van der Waals surface area contributed by atoms with Crippen molar-refractivity contribution < 1.29 is 4.74 Å². The molecule has 3 nitrogen and oxygen atoms in total. The van der Waals surface area contributed by atoms with Crippen molar-refractivity contribution in [3.63, 3.8) is 0 Å². The molecule has 0 saturated carbocycles. The quantitative estimate of drug-likeness (QED) is 0.853. The van der Waals surface area contributed by atoms with Crippen molar-refractivity contribution >= 4 is 0 Å². The Hall–Kier alpha value is -1.74. The molecule has 0 radical (unpaired) electrons. The Kier molecular flexibility index (Phi) is 2.97. The van der Waals surface area contributed by atoms with Gasteiger partial charge in [-0.2, -0.15) is 0 Å². The van der Waals surface area contributed by atoms with Gasteiger partial charge in [-0.05, 0) is 29.8 Å². The first-order chi connectivity index (χ1) is 7.72. The van der Waals surface area contributed by atoms with E-state index in [9.17, 15) is 0 Å². The van der Waals surface area contributed by atoms with E-state index in [1.807, 2.05) is 54.2 Å². The molecule has 1 heterocycles. The highest BCUT2D eigenvalue weighted by atomic mass is 16.5. The van der Waals surface area contributed by atoms with Crippen molar-refractivity contribution in [2.75, 3.05) is 7.11 Å². The maximum atomic E-state index is 6.19. The lowest BCUT2D eigenvalue weighted by atomic mass is 10.0. The highest BCUT2D eigenvalue weighted by molar-refractivity contribution is 5.33. The number of rotatable bonds is 3. The third-order valence-corrected chi connectivity index (χ3v) is 2.78. The van der Waals surface area contributed by atoms with Gasteiger partial charge in [0.25, 0.3) is 0 Å². The van der Waals surface area contributed by atoms with Gasteiger partial charge in [0.15, 0.2) is 0 Å². The first-order valence-electron chi connectivity index (χ1n) is 5.23. The fourth-order valence-electron chi connectivity index (χ4n) is 1.78. The normalized spacial score (nSPS) is 12.4. The molecule has 0 saturated heterocycles. The van der Waals surface area contributed by atoms with Gasteiger partial charge in [-0.3, -0.25) is 0 Å². The lowest BCUT2D eigenvalue weighted by Crippen LogP contribution is -2.14. The van der Waals surface area contributed by atoms with Crippen molar-refractivity contribution in [3.05, 3.63) is 53.9 Å². The predicted molar refractivity (Wildman–Crippen MR) is 64.4 cm³/mol. The number of aromatic nitrogens is 1. The van der Waals surface area contributed by atoms with E-state index < -0.39 is 0 Å². The Morgan fingerprint density at radius 1 is 1.19 bits per heavy atom. The monoisotopic (exact) mass is 216 g/mol. The van der Waals surface area contributed by atoms with Gasteiger partial charge in [-0.25, -0.2) is 0 Å². The molecule has 0 fully saturated rings. The molecule has 0 aliphatic rings. The van der Waals surface area contributed by atoms with E-state index in [1.165, 1.54) is 0 Å². The largest absolute Gasteiger partial charge is 0.497 e. The van der Waals surface area contributed by atoms with Crippen molar-refractivity contribution in [1.29, 1.82) is 0 Å². The second kappa shape index (κ2) is 4.41. The number of hydrogen-bond donors (Lipinski definition) is 1. The molecule has 2 N–H and O–H groups in total. The molecular weight excluding hydrogens is 200 g/mol. The summed E-state index contributed by atoms with van der Waals surface area (Å²) in [5.41, 5.74) is 8.38. The smallest absolute Gasteiger partial charge is 0.118 e. The molecule has 1 unspecified atom stereocenters. The molecule has 0 bridgehead atoms. The van der Waals surface area contributed by atoms with Crippen LogP contribution in [0.2, 0.25) is 0 Å². The Labute approximate surface area is 95.5 Å². The Balaban J connectivity index is 2.27. The van der Waals surface area contributed by atoms with E-state index >= 15 is 0 Å². The highest BCUT2D eigenvalue weighted by Gasteiger charge is 2.11. The van der Waals surface area contributed by atoms with Crippen molar-refractivity contribution in [2.24, 2.45) is 12.8 Å². The number of nitrogens with zero attached hydrogens (tertiary/aromatic N) is 1. The molecule has 0 aliphatic heterocycles. The first-order valence-corrected chi connectivity index (χ1v) is 5.23. The second-order valence-corrected chi connectivity index (χ2v) is 3.79. The minimum absolute atomic E-state index is 0.0918. The molecule has 2 aromatic rings. The second-order valence-electron chi connectivity index (χ2n) is 3.79. The number of benzene rings is 1. The number of ether oxygens (including phenoxy) is 1. The predicted octanol–water partition coefficient (Wildman–Crippen LogP) is 2.08. The van der Waals surface area contributed by atoms with Gasteiger partial charge in [0.2, 0.25) is 0 Å². The summed E-state index contributed by atoms with van der Waals surface area (Å²) in [7, 11) is 3.66. The maximum absolute atomic E-state index is 6.19. The molecule has 1 aromatic heterocycles. The summed E-state index contributed by atoms with van der Waals surface area (Å²) in [5, 5.41) is 0. The average Bonchev–Trinajstić information content (AvgIpc) is 2.75. The Bertz CT molecular complexity index is 459. The summed E-state index contributed by atoms with van der Waals surface area (Å²) in [6, 6.07) is 11.8. The van der Waals surface area contributed by atoms with Gasteiger partial charge in [0.05, 0.1) is 13.2 Å². The number of methoxy groups -OCH3 is 1. The average molecular weight is 216 g/mol. The standard InChI is InChI=1S/C13H16N2O/c1-15-9-3-4-12(15)13(14)10-5-7-11(16-2)8-6-10/h3-9,13H,14H2,1-2H3. The fourth-order valence-corrected chi connectivity index (χ4v) is 1.78. The maximum Gasteiger partial charge on any atom is 0.118 e. The summed E-state index contributed by atoms with van der Waals surface area (Å²) in [6.45, 7) is 0. The van der Waals surface area contributed by atoms with Crippen LogP contribution in [0.25, 0.3) is 0 Å². The molecule has 3 heteroatoms. The molecular formula is C13H16N2O. The Morgan fingerprint density at radius 3 is 2.38 bits per heavy atom. The Morgan fingerprint density at radius 2 is 1.88 bits per heavy atom. The van der Waals surface area contributed by atoms with Crippen LogP contribution in [0.3, 0.4) is 0 Å². The molecule has 84 valence electrons. The van der Waals surface area contributed by atoms with E-state index in [-0.39, 0.29) is 6.04 Å². The summed E-state index contributed by atoms with van der Waals surface area (Å²) in [4.78, 5) is 0. The van der Waals surface area contributed by atoms with Gasteiger partial charge in [0.1, 0.15) is 5.75 Å². The van der Waals surface area contributed by atoms with Crippen LogP contribution in [0.15, 0.2) is 42.6 Å². The lowest BCUT2D eigenvalue weighted by Gasteiger charge is -2.13. The minimum atomic E-state index is -0.0918. The van der Waals surface area contributed by atoms with E-state index in [2.05, 4.69) is 0 Å². The summed E-state index contributed by atoms with van der Waals surface area (Å²) >= 11 is 0. The molecule has 0 spiro atoms. The molecule has 2 rings (SSSR count). The minimum Gasteiger partial charge on any atom is -0.497 e. The summed E-state index contributed by atoms with van der Waals surface area (Å²) in [6.07, 6.45) is 2.00. The van der Waals surface area contributed by atoms with Gasteiger partial charge < -0.3 is 15.0 Å². The number of hydrogen-bond acceptors (Lipinski definition) is 2. The molecule has 16 heavy (non-hydrogen) atoms. The van der Waals surface area contributed by atoms with E-state index in [0.717, 1.165) is 17.0 Å². The van der Waals surface area contributed by atoms with Crippen LogP contribution in [0.5, 0.6) is 5.75 Å². The van der Waals surface area contributed by atoms with Crippen LogP contribution in [-0.4, -0.2) is 11.7 Å². The first kappa shape index (κ1) is 10.8. The van der Waals surface area contributed by atoms with Gasteiger partial charge >= 0.3 is 0 Å². The van der Waals surface area contributed by atoms with Crippen LogP contribution < -0.4 is 10.5 Å². The zero-order valence-electron chi connectivity index (χ0n) is 9.55. The van der Waals surface area contributed by atoms with Crippen LogP contribution in [0.4, 0.5) is 0 Å².